The number of hydrogen-bond donors (Lipinski definition) is 0. The fourth-order valence-corrected chi connectivity index (χ4v) is 5.52. The molecule has 4 aromatic rings. The van der Waals surface area contributed by atoms with E-state index in [1.165, 1.54) is 28.3 Å². The minimum absolute atomic E-state index is 0.0346. The Labute approximate surface area is 204 Å². The van der Waals surface area contributed by atoms with Crippen LogP contribution in [0.4, 0.5) is 5.69 Å². The van der Waals surface area contributed by atoms with Crippen LogP contribution in [0.15, 0.2) is 65.1 Å². The maximum absolute atomic E-state index is 11.4. The van der Waals surface area contributed by atoms with Crippen molar-refractivity contribution in [2.24, 2.45) is 0 Å². The number of hydrogen-bond acceptors (Lipinski definition) is 8. The number of nitro benzene ring substituents is 1. The van der Waals surface area contributed by atoms with Crippen LogP contribution in [0.2, 0.25) is 0 Å². The molecule has 0 spiro atoms. The average molecular weight is 495 g/mol. The van der Waals surface area contributed by atoms with Crippen molar-refractivity contribution in [1.29, 1.82) is 0 Å². The molecule has 0 saturated heterocycles. The highest BCUT2D eigenvalue weighted by Gasteiger charge is 2.22. The second-order valence-corrected chi connectivity index (χ2v) is 9.77. The number of aromatic nitrogens is 3. The Hall–Kier alpha value is -3.21. The molecule has 0 bridgehead atoms. The van der Waals surface area contributed by atoms with Gasteiger partial charge in [-0.1, -0.05) is 48.2 Å². The molecule has 34 heavy (non-hydrogen) atoms. The molecule has 0 atom stereocenters. The molecule has 0 N–H and O–H groups in total. The van der Waals surface area contributed by atoms with Crippen LogP contribution in [0, 0.1) is 10.1 Å². The molecule has 10 heteroatoms. The first-order chi connectivity index (χ1) is 16.7. The topological polar surface area (TPSA) is 92.3 Å². The van der Waals surface area contributed by atoms with Crippen LogP contribution in [-0.2, 0) is 36.5 Å². The van der Waals surface area contributed by atoms with Crippen LogP contribution in [0.3, 0.4) is 0 Å². The van der Waals surface area contributed by atoms with Crippen LogP contribution in [0.1, 0.15) is 27.4 Å². The van der Waals surface area contributed by atoms with Gasteiger partial charge in [0.25, 0.3) is 5.69 Å². The first-order valence-corrected chi connectivity index (χ1v) is 12.7. The molecule has 3 heterocycles. The van der Waals surface area contributed by atoms with Gasteiger partial charge >= 0.3 is 0 Å². The Morgan fingerprint density at radius 3 is 2.82 bits per heavy atom. The van der Waals surface area contributed by atoms with E-state index in [-0.39, 0.29) is 17.4 Å². The molecule has 0 radical (unpaired) electrons. The average Bonchev–Trinajstić information content (AvgIpc) is 3.52. The Bertz CT molecular complexity index is 1280. The number of non-ortho nitro benzene ring substituents is 1. The first-order valence-electron chi connectivity index (χ1n) is 10.8. The summed E-state index contributed by atoms with van der Waals surface area (Å²) in [6.07, 6.45) is 1.57. The minimum Gasteiger partial charge on any atom is -0.467 e. The normalized spacial score (nSPS) is 12.8. The second-order valence-electron chi connectivity index (χ2n) is 7.79. The van der Waals surface area contributed by atoms with Gasteiger partial charge < -0.3 is 14.0 Å². The lowest BCUT2D eigenvalue weighted by Crippen LogP contribution is -2.13. The molecule has 5 rings (SSSR count). The highest BCUT2D eigenvalue weighted by molar-refractivity contribution is 7.98. The monoisotopic (exact) mass is 494 g/mol. The van der Waals surface area contributed by atoms with Crippen LogP contribution in [-0.4, -0.2) is 26.5 Å². The molecule has 0 aliphatic carbocycles. The van der Waals surface area contributed by atoms with E-state index >= 15 is 0 Å². The van der Waals surface area contributed by atoms with Crippen LogP contribution >= 0.6 is 23.1 Å². The van der Waals surface area contributed by atoms with E-state index in [0.717, 1.165) is 29.5 Å². The van der Waals surface area contributed by atoms with Crippen molar-refractivity contribution < 1.29 is 14.4 Å². The summed E-state index contributed by atoms with van der Waals surface area (Å²) >= 11 is 3.21. The Balaban J connectivity index is 1.40. The molecular weight excluding hydrogens is 472 g/mol. The highest BCUT2D eigenvalue weighted by atomic mass is 32.2. The van der Waals surface area contributed by atoms with Gasteiger partial charge in [-0.15, -0.1) is 21.5 Å². The molecule has 2 aromatic heterocycles. The molecule has 8 nitrogen and oxygen atoms in total. The standard InChI is InChI=1S/C24H22N4O4S2/c29-28(30)20-11-18-14-31-16-32-23(18)19(12-20)15-34-24-26-25-22(13-21-7-4-10-33-21)27(24)9-8-17-5-2-1-3-6-17/h1-7,10-12H,8-9,13-16H2. The zero-order valence-corrected chi connectivity index (χ0v) is 19.9. The van der Waals surface area contributed by atoms with Gasteiger partial charge in [-0.3, -0.25) is 10.1 Å². The number of fused-ring (bicyclic) bond motifs is 1. The summed E-state index contributed by atoms with van der Waals surface area (Å²) in [6.45, 7) is 1.19. The van der Waals surface area contributed by atoms with E-state index in [1.54, 1.807) is 17.4 Å². The number of benzene rings is 2. The van der Waals surface area contributed by atoms with E-state index in [4.69, 9.17) is 9.47 Å². The summed E-state index contributed by atoms with van der Waals surface area (Å²) in [4.78, 5) is 12.3. The number of aryl methyl sites for hydroxylation is 1. The van der Waals surface area contributed by atoms with Crippen molar-refractivity contribution in [3.63, 3.8) is 0 Å². The van der Waals surface area contributed by atoms with E-state index in [1.807, 2.05) is 24.3 Å². The van der Waals surface area contributed by atoms with Crippen LogP contribution < -0.4 is 4.74 Å². The summed E-state index contributed by atoms with van der Waals surface area (Å²) in [6, 6.07) is 17.6. The molecule has 1 aliphatic rings. The van der Waals surface area contributed by atoms with E-state index in [9.17, 15) is 10.1 Å². The van der Waals surface area contributed by atoms with E-state index in [0.29, 0.717) is 30.1 Å². The molecule has 0 unspecified atom stereocenters. The van der Waals surface area contributed by atoms with Gasteiger partial charge in [0.2, 0.25) is 0 Å². The summed E-state index contributed by atoms with van der Waals surface area (Å²) in [7, 11) is 0. The van der Waals surface area contributed by atoms with Crippen molar-refractivity contribution in [3.8, 4) is 5.75 Å². The van der Waals surface area contributed by atoms with Gasteiger partial charge in [-0.05, 0) is 23.4 Å². The SMILES string of the molecule is O=[N+]([O-])c1cc2c(c(CSc3nnc(Cc4cccs4)n3CCc3ccccc3)c1)OCOC2. The molecular formula is C24H22N4O4S2. The molecule has 0 amide bonds. The quantitative estimate of drug-likeness (QED) is 0.178. The molecule has 1 aliphatic heterocycles. The van der Waals surface area contributed by atoms with Gasteiger partial charge in [-0.2, -0.15) is 0 Å². The number of nitro groups is 1. The minimum atomic E-state index is -0.384. The van der Waals surface area contributed by atoms with E-state index in [2.05, 4.69) is 38.3 Å². The lowest BCUT2D eigenvalue weighted by molar-refractivity contribution is -0.385. The highest BCUT2D eigenvalue weighted by Crippen LogP contribution is 2.36. The Kier molecular flexibility index (Phi) is 6.89. The van der Waals surface area contributed by atoms with Crippen LogP contribution in [0.5, 0.6) is 5.75 Å². The van der Waals surface area contributed by atoms with Crippen molar-refractivity contribution >= 4 is 28.8 Å². The zero-order valence-electron chi connectivity index (χ0n) is 18.3. The predicted molar refractivity (Wildman–Crippen MR) is 130 cm³/mol. The summed E-state index contributed by atoms with van der Waals surface area (Å²) in [5.74, 6) is 2.05. The third kappa shape index (κ3) is 5.14. The number of thiophene rings is 1. The van der Waals surface area contributed by atoms with Crippen molar-refractivity contribution in [3.05, 3.63) is 97.5 Å². The second kappa shape index (κ2) is 10.4. The number of rotatable bonds is 9. The van der Waals surface area contributed by atoms with Gasteiger partial charge in [0.1, 0.15) is 11.6 Å². The molecule has 174 valence electrons. The first kappa shape index (κ1) is 22.6. The Morgan fingerprint density at radius 2 is 2.03 bits per heavy atom. The van der Waals surface area contributed by atoms with Crippen molar-refractivity contribution in [2.45, 2.75) is 36.9 Å². The lowest BCUT2D eigenvalue weighted by Gasteiger charge is -2.20. The fourth-order valence-electron chi connectivity index (χ4n) is 3.87. The molecule has 0 saturated carbocycles. The van der Waals surface area contributed by atoms with Crippen molar-refractivity contribution in [1.82, 2.24) is 14.8 Å². The predicted octanol–water partition coefficient (Wildman–Crippen LogP) is 5.24. The lowest BCUT2D eigenvalue weighted by atomic mass is 10.1. The van der Waals surface area contributed by atoms with Crippen molar-refractivity contribution in [2.75, 3.05) is 6.79 Å². The summed E-state index contributed by atoms with van der Waals surface area (Å²) in [5.41, 5.74) is 2.73. The van der Waals surface area contributed by atoms with Gasteiger partial charge in [-0.25, -0.2) is 0 Å². The molecule has 2 aromatic carbocycles. The van der Waals surface area contributed by atoms with Gasteiger partial charge in [0.15, 0.2) is 11.9 Å². The zero-order chi connectivity index (χ0) is 23.3. The largest absolute Gasteiger partial charge is 0.467 e. The Morgan fingerprint density at radius 1 is 1.15 bits per heavy atom. The van der Waals surface area contributed by atoms with Gasteiger partial charge in [0, 0.05) is 46.9 Å². The molecule has 0 fully saturated rings. The maximum atomic E-state index is 11.4. The number of nitrogens with zero attached hydrogens (tertiary/aromatic N) is 4. The summed E-state index contributed by atoms with van der Waals surface area (Å²) < 4.78 is 13.2. The van der Waals surface area contributed by atoms with Gasteiger partial charge in [0.05, 0.1) is 11.5 Å². The van der Waals surface area contributed by atoms with Crippen LogP contribution in [0.25, 0.3) is 0 Å². The number of ether oxygens (including phenoxy) is 2. The van der Waals surface area contributed by atoms with E-state index < -0.39 is 0 Å². The maximum Gasteiger partial charge on any atom is 0.270 e. The fraction of sp³-hybridized carbons (Fsp3) is 0.250. The smallest absolute Gasteiger partial charge is 0.270 e. The third-order valence-corrected chi connectivity index (χ3v) is 7.40. The number of thioether (sulfide) groups is 1. The third-order valence-electron chi connectivity index (χ3n) is 5.51. The summed E-state index contributed by atoms with van der Waals surface area (Å²) in [5, 5.41) is 23.2.